The maximum Gasteiger partial charge on any atom is 0.317 e. The SMILES string of the molecule is CN(Cc1ccccc1)S(=O)(=O)Cl.O=S(=O)(Cl)Cl. The predicted molar refractivity (Wildman–Crippen MR) is 73.3 cm³/mol. The van der Waals surface area contributed by atoms with Gasteiger partial charge in [-0.05, 0) is 5.56 Å². The highest BCUT2D eigenvalue weighted by Gasteiger charge is 2.13. The lowest BCUT2D eigenvalue weighted by molar-refractivity contribution is 0.480. The van der Waals surface area contributed by atoms with Gasteiger partial charge in [-0.3, -0.25) is 0 Å². The fourth-order valence-corrected chi connectivity index (χ4v) is 1.37. The van der Waals surface area contributed by atoms with E-state index in [0.717, 1.165) is 9.87 Å². The highest BCUT2D eigenvalue weighted by Crippen LogP contribution is 2.09. The summed E-state index contributed by atoms with van der Waals surface area (Å²) in [6, 6.07) is 9.27. The van der Waals surface area contributed by atoms with E-state index in [2.05, 4.69) is 21.4 Å². The lowest BCUT2D eigenvalue weighted by Gasteiger charge is -2.11. The van der Waals surface area contributed by atoms with Crippen molar-refractivity contribution < 1.29 is 16.8 Å². The Hall–Kier alpha value is -0.0500. The minimum Gasteiger partial charge on any atom is -0.195 e. The normalized spacial score (nSPS) is 11.8. The Morgan fingerprint density at radius 1 is 1.00 bits per heavy atom. The Morgan fingerprint density at radius 3 is 1.72 bits per heavy atom. The van der Waals surface area contributed by atoms with Gasteiger partial charge in [-0.2, -0.15) is 21.1 Å². The zero-order valence-corrected chi connectivity index (χ0v) is 13.0. The van der Waals surface area contributed by atoms with Gasteiger partial charge in [0.05, 0.1) is 0 Å². The molecule has 10 heteroatoms. The van der Waals surface area contributed by atoms with Crippen LogP contribution < -0.4 is 0 Å². The van der Waals surface area contributed by atoms with E-state index in [0.29, 0.717) is 6.54 Å². The molecule has 0 radical (unpaired) electrons. The maximum absolute atomic E-state index is 10.8. The molecular formula is C8H10Cl3NO4S2. The van der Waals surface area contributed by atoms with Crippen LogP contribution >= 0.6 is 32.0 Å². The second kappa shape index (κ2) is 7.52. The molecule has 1 aromatic carbocycles. The van der Waals surface area contributed by atoms with Crippen molar-refractivity contribution in [3.05, 3.63) is 35.9 Å². The first-order valence-corrected chi connectivity index (χ1v) is 9.74. The Labute approximate surface area is 120 Å². The monoisotopic (exact) mass is 353 g/mol. The molecule has 18 heavy (non-hydrogen) atoms. The maximum atomic E-state index is 10.8. The van der Waals surface area contributed by atoms with Crippen molar-refractivity contribution in [3.63, 3.8) is 0 Å². The van der Waals surface area contributed by atoms with Crippen LogP contribution in [0.2, 0.25) is 0 Å². The van der Waals surface area contributed by atoms with Crippen molar-refractivity contribution in [2.24, 2.45) is 0 Å². The van der Waals surface area contributed by atoms with Gasteiger partial charge >= 0.3 is 8.26 Å². The lowest BCUT2D eigenvalue weighted by atomic mass is 10.2. The number of nitrogens with zero attached hydrogens (tertiary/aromatic N) is 1. The van der Waals surface area contributed by atoms with Crippen molar-refractivity contribution in [3.8, 4) is 0 Å². The number of hydrogen-bond donors (Lipinski definition) is 0. The van der Waals surface area contributed by atoms with Crippen molar-refractivity contribution in [2.75, 3.05) is 7.05 Å². The van der Waals surface area contributed by atoms with Crippen LogP contribution in [0.25, 0.3) is 0 Å². The standard InChI is InChI=1S/C8H10ClNO2S.Cl2O2S/c1-10(13(9,11)12)7-8-5-3-2-4-6-8;1-5(2,3)4/h2-6H,7H2,1H3;. The van der Waals surface area contributed by atoms with E-state index in [1.807, 2.05) is 30.3 Å². The van der Waals surface area contributed by atoms with E-state index < -0.39 is 17.5 Å². The Kier molecular flexibility index (Phi) is 7.50. The second-order valence-corrected chi connectivity index (χ2v) is 9.35. The Balaban J connectivity index is 0.000000494. The summed E-state index contributed by atoms with van der Waals surface area (Å²) in [7, 11) is 7.79. The summed E-state index contributed by atoms with van der Waals surface area (Å²) in [5.74, 6) is 0. The molecule has 0 saturated heterocycles. The summed E-state index contributed by atoms with van der Waals surface area (Å²) in [5, 5.41) is 0. The van der Waals surface area contributed by atoms with E-state index in [1.54, 1.807) is 0 Å². The summed E-state index contributed by atoms with van der Waals surface area (Å²) in [6.45, 7) is 0.298. The van der Waals surface area contributed by atoms with Gasteiger partial charge in [0, 0.05) is 45.6 Å². The lowest BCUT2D eigenvalue weighted by Crippen LogP contribution is -2.21. The van der Waals surface area contributed by atoms with Gasteiger partial charge in [-0.25, -0.2) is 0 Å². The molecule has 0 unspecified atom stereocenters. The fraction of sp³-hybridized carbons (Fsp3) is 0.250. The van der Waals surface area contributed by atoms with E-state index in [9.17, 15) is 8.42 Å². The molecule has 0 spiro atoms. The minimum absolute atomic E-state index is 0.298. The van der Waals surface area contributed by atoms with Crippen LogP contribution in [0.1, 0.15) is 5.56 Å². The molecule has 0 amide bonds. The third-order valence-electron chi connectivity index (χ3n) is 1.62. The van der Waals surface area contributed by atoms with Gasteiger partial charge < -0.3 is 0 Å². The number of benzene rings is 1. The van der Waals surface area contributed by atoms with Crippen LogP contribution in [0.15, 0.2) is 30.3 Å². The summed E-state index contributed by atoms with van der Waals surface area (Å²) in [4.78, 5) is 0. The van der Waals surface area contributed by atoms with E-state index in [-0.39, 0.29) is 0 Å². The molecule has 0 fully saturated rings. The van der Waals surface area contributed by atoms with Crippen LogP contribution in [-0.2, 0) is 24.0 Å². The molecule has 0 aromatic heterocycles. The molecule has 1 aromatic rings. The van der Waals surface area contributed by atoms with Crippen molar-refractivity contribution in [2.45, 2.75) is 6.54 Å². The predicted octanol–water partition coefficient (Wildman–Crippen LogP) is 2.31. The zero-order valence-electron chi connectivity index (χ0n) is 9.12. The first kappa shape index (κ1) is 17.9. The quantitative estimate of drug-likeness (QED) is 0.781. The van der Waals surface area contributed by atoms with Crippen molar-refractivity contribution >= 4 is 49.5 Å². The Morgan fingerprint density at radius 2 is 1.39 bits per heavy atom. The molecule has 104 valence electrons. The molecule has 0 bridgehead atoms. The highest BCUT2D eigenvalue weighted by molar-refractivity contribution is 8.31. The average molecular weight is 355 g/mol. The first-order valence-electron chi connectivity index (χ1n) is 4.34. The summed E-state index contributed by atoms with van der Waals surface area (Å²) >= 11 is 0. The van der Waals surface area contributed by atoms with Crippen molar-refractivity contribution in [1.29, 1.82) is 0 Å². The molecule has 0 N–H and O–H groups in total. The molecule has 0 aliphatic rings. The molecule has 1 rings (SSSR count). The number of hydrogen-bond acceptors (Lipinski definition) is 4. The molecule has 0 heterocycles. The zero-order chi connectivity index (χ0) is 14.4. The van der Waals surface area contributed by atoms with Gasteiger partial charge in [0.15, 0.2) is 0 Å². The van der Waals surface area contributed by atoms with Crippen LogP contribution in [0.3, 0.4) is 0 Å². The summed E-state index contributed by atoms with van der Waals surface area (Å²) in [6.07, 6.45) is 0. The molecule has 0 aliphatic heterocycles. The van der Waals surface area contributed by atoms with E-state index in [4.69, 9.17) is 19.1 Å². The van der Waals surface area contributed by atoms with Crippen LogP contribution in [-0.4, -0.2) is 28.2 Å². The molecule has 5 nitrogen and oxygen atoms in total. The van der Waals surface area contributed by atoms with Crippen LogP contribution in [0, 0.1) is 0 Å². The largest absolute Gasteiger partial charge is 0.317 e. The Bertz CT molecular complexity index is 551. The third kappa shape index (κ3) is 11.1. The fourth-order valence-electron chi connectivity index (χ4n) is 0.918. The summed E-state index contributed by atoms with van der Waals surface area (Å²) in [5.41, 5.74) is 0.911. The van der Waals surface area contributed by atoms with Crippen molar-refractivity contribution in [1.82, 2.24) is 4.31 Å². The number of halogens is 3. The summed E-state index contributed by atoms with van der Waals surface area (Å²) < 4.78 is 41.1. The van der Waals surface area contributed by atoms with Crippen LogP contribution in [0.4, 0.5) is 0 Å². The van der Waals surface area contributed by atoms with Gasteiger partial charge in [-0.1, -0.05) is 30.3 Å². The topological polar surface area (TPSA) is 71.5 Å². The molecule has 0 atom stereocenters. The molecule has 0 aliphatic carbocycles. The average Bonchev–Trinajstić information content (AvgIpc) is 2.15. The highest BCUT2D eigenvalue weighted by atomic mass is 36.0. The van der Waals surface area contributed by atoms with Gasteiger partial charge in [0.1, 0.15) is 0 Å². The second-order valence-electron chi connectivity index (χ2n) is 3.06. The van der Waals surface area contributed by atoms with Gasteiger partial charge in [-0.15, -0.1) is 0 Å². The molecule has 0 saturated carbocycles. The first-order chi connectivity index (χ1) is 8.00. The van der Waals surface area contributed by atoms with Crippen LogP contribution in [0.5, 0.6) is 0 Å². The van der Waals surface area contributed by atoms with Gasteiger partial charge in [0.2, 0.25) is 0 Å². The van der Waals surface area contributed by atoms with E-state index in [1.165, 1.54) is 7.05 Å². The third-order valence-corrected chi connectivity index (χ3v) is 3.20. The molecular weight excluding hydrogens is 345 g/mol. The van der Waals surface area contributed by atoms with Gasteiger partial charge in [0.25, 0.3) is 9.24 Å². The van der Waals surface area contributed by atoms with E-state index >= 15 is 0 Å². The number of rotatable bonds is 3. The minimum atomic E-state index is -3.72. The smallest absolute Gasteiger partial charge is 0.195 e.